The summed E-state index contributed by atoms with van der Waals surface area (Å²) < 4.78 is 12.8. The highest BCUT2D eigenvalue weighted by Gasteiger charge is 2.21. The number of rotatable bonds is 4. The Morgan fingerprint density at radius 2 is 1.96 bits per heavy atom. The Kier molecular flexibility index (Phi) is 4.74. The van der Waals surface area contributed by atoms with Crippen molar-refractivity contribution in [2.45, 2.75) is 19.4 Å². The van der Waals surface area contributed by atoms with Gasteiger partial charge in [0.25, 0.3) is 0 Å². The average molecular weight is 327 g/mol. The maximum absolute atomic E-state index is 12.8. The molecule has 3 rings (SSSR count). The molecule has 0 spiro atoms. The van der Waals surface area contributed by atoms with E-state index < -0.39 is 0 Å². The van der Waals surface area contributed by atoms with Crippen LogP contribution in [0.4, 0.5) is 20.6 Å². The molecule has 124 valence electrons. The summed E-state index contributed by atoms with van der Waals surface area (Å²) in [6.45, 7) is 1.01. The van der Waals surface area contributed by atoms with Gasteiger partial charge in [0.15, 0.2) is 0 Å². The Balaban J connectivity index is 1.58. The molecule has 0 aromatic heterocycles. The van der Waals surface area contributed by atoms with E-state index in [0.29, 0.717) is 25.2 Å². The number of nitrogens with zero attached hydrogens (tertiary/aromatic N) is 1. The summed E-state index contributed by atoms with van der Waals surface area (Å²) >= 11 is 0. The minimum Gasteiger partial charge on any atom is -0.334 e. The zero-order valence-electron chi connectivity index (χ0n) is 13.1. The molecule has 0 aliphatic carbocycles. The number of amides is 3. The summed E-state index contributed by atoms with van der Waals surface area (Å²) in [5, 5.41) is 5.45. The molecule has 0 atom stereocenters. The summed E-state index contributed by atoms with van der Waals surface area (Å²) in [5.41, 5.74) is 2.21. The van der Waals surface area contributed by atoms with E-state index in [2.05, 4.69) is 10.6 Å². The van der Waals surface area contributed by atoms with Crippen molar-refractivity contribution in [2.75, 3.05) is 16.8 Å². The van der Waals surface area contributed by atoms with Gasteiger partial charge in [0, 0.05) is 30.9 Å². The smallest absolute Gasteiger partial charge is 0.319 e. The van der Waals surface area contributed by atoms with E-state index in [0.717, 1.165) is 17.7 Å². The molecule has 2 aromatic carbocycles. The SMILES string of the molecule is O=C(NCc1ccc(F)cc1)Nc1cccc(N2CCCC2=O)c1. The lowest BCUT2D eigenvalue weighted by atomic mass is 10.2. The van der Waals surface area contributed by atoms with Crippen LogP contribution in [0.5, 0.6) is 0 Å². The van der Waals surface area contributed by atoms with Gasteiger partial charge in [0.2, 0.25) is 5.91 Å². The molecule has 0 unspecified atom stereocenters. The molecule has 0 saturated carbocycles. The van der Waals surface area contributed by atoms with Crippen LogP contribution in [0.3, 0.4) is 0 Å². The number of hydrogen-bond acceptors (Lipinski definition) is 2. The zero-order valence-corrected chi connectivity index (χ0v) is 13.1. The molecule has 0 radical (unpaired) electrons. The van der Waals surface area contributed by atoms with Gasteiger partial charge in [0.05, 0.1) is 0 Å². The summed E-state index contributed by atoms with van der Waals surface area (Å²) in [7, 11) is 0. The minimum absolute atomic E-state index is 0.105. The van der Waals surface area contributed by atoms with Gasteiger partial charge >= 0.3 is 6.03 Å². The number of nitrogens with one attached hydrogen (secondary N) is 2. The highest BCUT2D eigenvalue weighted by Crippen LogP contribution is 2.24. The second-order valence-electron chi connectivity index (χ2n) is 5.63. The number of benzene rings is 2. The van der Waals surface area contributed by atoms with Crippen molar-refractivity contribution in [3.63, 3.8) is 0 Å². The number of urea groups is 1. The number of carbonyl (C=O) groups excluding carboxylic acids is 2. The molecule has 6 heteroatoms. The molecular weight excluding hydrogens is 309 g/mol. The van der Waals surface area contributed by atoms with Gasteiger partial charge in [-0.05, 0) is 42.3 Å². The molecule has 1 heterocycles. The predicted molar refractivity (Wildman–Crippen MR) is 90.3 cm³/mol. The van der Waals surface area contributed by atoms with E-state index >= 15 is 0 Å². The molecule has 2 aromatic rings. The lowest BCUT2D eigenvalue weighted by Gasteiger charge is -2.17. The molecule has 0 bridgehead atoms. The second-order valence-corrected chi connectivity index (χ2v) is 5.63. The van der Waals surface area contributed by atoms with Gasteiger partial charge in [-0.2, -0.15) is 0 Å². The Morgan fingerprint density at radius 1 is 1.17 bits per heavy atom. The van der Waals surface area contributed by atoms with Crippen molar-refractivity contribution in [1.29, 1.82) is 0 Å². The van der Waals surface area contributed by atoms with Crippen LogP contribution in [0, 0.1) is 5.82 Å². The molecule has 1 saturated heterocycles. The third kappa shape index (κ3) is 3.90. The van der Waals surface area contributed by atoms with Crippen LogP contribution >= 0.6 is 0 Å². The monoisotopic (exact) mass is 327 g/mol. The first-order valence-electron chi connectivity index (χ1n) is 7.81. The lowest BCUT2D eigenvalue weighted by Crippen LogP contribution is -2.28. The number of halogens is 1. The van der Waals surface area contributed by atoms with Gasteiger partial charge in [-0.15, -0.1) is 0 Å². The maximum atomic E-state index is 12.8. The Bertz CT molecular complexity index is 746. The standard InChI is InChI=1S/C18H18FN3O2/c19-14-8-6-13(7-9-14)12-20-18(24)21-15-3-1-4-16(11-15)22-10-2-5-17(22)23/h1,3-4,6-9,11H,2,5,10,12H2,(H2,20,21,24). The van der Waals surface area contributed by atoms with Gasteiger partial charge in [-0.25, -0.2) is 9.18 Å². The van der Waals surface area contributed by atoms with Crippen LogP contribution in [-0.4, -0.2) is 18.5 Å². The Labute approximate surface area is 139 Å². The van der Waals surface area contributed by atoms with Crippen molar-refractivity contribution >= 4 is 23.3 Å². The average Bonchev–Trinajstić information content (AvgIpc) is 3.01. The van der Waals surface area contributed by atoms with Crippen LogP contribution < -0.4 is 15.5 Å². The fraction of sp³-hybridized carbons (Fsp3) is 0.222. The lowest BCUT2D eigenvalue weighted by molar-refractivity contribution is -0.117. The third-order valence-electron chi connectivity index (χ3n) is 3.86. The quantitative estimate of drug-likeness (QED) is 0.905. The van der Waals surface area contributed by atoms with E-state index in [4.69, 9.17) is 0 Å². The van der Waals surface area contributed by atoms with Gasteiger partial charge in [-0.1, -0.05) is 18.2 Å². The molecule has 1 aliphatic heterocycles. The zero-order chi connectivity index (χ0) is 16.9. The largest absolute Gasteiger partial charge is 0.334 e. The summed E-state index contributed by atoms with van der Waals surface area (Å²) in [4.78, 5) is 25.5. The first kappa shape index (κ1) is 16.0. The van der Waals surface area contributed by atoms with Gasteiger partial charge in [-0.3, -0.25) is 4.79 Å². The topological polar surface area (TPSA) is 61.4 Å². The first-order valence-corrected chi connectivity index (χ1v) is 7.81. The molecule has 2 N–H and O–H groups in total. The normalized spacial score (nSPS) is 13.9. The molecule has 5 nitrogen and oxygen atoms in total. The van der Waals surface area contributed by atoms with Crippen LogP contribution in [0.15, 0.2) is 48.5 Å². The minimum atomic E-state index is -0.357. The van der Waals surface area contributed by atoms with Gasteiger partial charge in [0.1, 0.15) is 5.82 Å². The predicted octanol–water partition coefficient (Wildman–Crippen LogP) is 3.27. The van der Waals surface area contributed by atoms with Crippen molar-refractivity contribution < 1.29 is 14.0 Å². The molecular formula is C18H18FN3O2. The number of carbonyl (C=O) groups is 2. The summed E-state index contributed by atoms with van der Waals surface area (Å²) in [5.74, 6) is -0.204. The second kappa shape index (κ2) is 7.12. The van der Waals surface area contributed by atoms with E-state index in [1.165, 1.54) is 12.1 Å². The maximum Gasteiger partial charge on any atom is 0.319 e. The highest BCUT2D eigenvalue weighted by atomic mass is 19.1. The van der Waals surface area contributed by atoms with Gasteiger partial charge < -0.3 is 15.5 Å². The van der Waals surface area contributed by atoms with Crippen molar-refractivity contribution in [2.24, 2.45) is 0 Å². The van der Waals surface area contributed by atoms with Crippen LogP contribution in [0.1, 0.15) is 18.4 Å². The molecule has 24 heavy (non-hydrogen) atoms. The van der Waals surface area contributed by atoms with Crippen LogP contribution in [0.2, 0.25) is 0 Å². The fourth-order valence-electron chi connectivity index (χ4n) is 2.63. The summed E-state index contributed by atoms with van der Waals surface area (Å²) in [6, 6.07) is 12.8. The van der Waals surface area contributed by atoms with Crippen LogP contribution in [-0.2, 0) is 11.3 Å². The first-order chi connectivity index (χ1) is 11.6. The number of anilines is 2. The Morgan fingerprint density at radius 3 is 2.67 bits per heavy atom. The van der Waals surface area contributed by atoms with Crippen molar-refractivity contribution in [3.8, 4) is 0 Å². The van der Waals surface area contributed by atoms with Crippen LogP contribution in [0.25, 0.3) is 0 Å². The molecule has 3 amide bonds. The summed E-state index contributed by atoms with van der Waals surface area (Å²) in [6.07, 6.45) is 1.42. The van der Waals surface area contributed by atoms with E-state index in [1.54, 1.807) is 35.2 Å². The fourth-order valence-corrected chi connectivity index (χ4v) is 2.63. The molecule has 1 fully saturated rings. The third-order valence-corrected chi connectivity index (χ3v) is 3.86. The van der Waals surface area contributed by atoms with Crippen molar-refractivity contribution in [1.82, 2.24) is 5.32 Å². The highest BCUT2D eigenvalue weighted by molar-refractivity contribution is 5.96. The van der Waals surface area contributed by atoms with E-state index in [-0.39, 0.29) is 17.8 Å². The van der Waals surface area contributed by atoms with Crippen molar-refractivity contribution in [3.05, 3.63) is 59.9 Å². The van der Waals surface area contributed by atoms with E-state index in [9.17, 15) is 14.0 Å². The van der Waals surface area contributed by atoms with E-state index in [1.807, 2.05) is 6.07 Å². The Hall–Kier alpha value is -2.89. The molecule has 1 aliphatic rings. The number of hydrogen-bond donors (Lipinski definition) is 2.